The SMILES string of the molecule is [N]c1c(-c2ccccc2)ccc2ccccc12. The highest BCUT2D eigenvalue weighted by Gasteiger charge is 2.07. The molecule has 0 atom stereocenters. The molecule has 0 N–H and O–H groups in total. The lowest BCUT2D eigenvalue weighted by Crippen LogP contribution is -1.83. The van der Waals surface area contributed by atoms with Gasteiger partial charge in [-0.1, -0.05) is 66.7 Å². The predicted molar refractivity (Wildman–Crippen MR) is 71.2 cm³/mol. The minimum atomic E-state index is 0.356. The second kappa shape index (κ2) is 3.95. The molecule has 0 aliphatic carbocycles. The Kier molecular flexibility index (Phi) is 2.30. The van der Waals surface area contributed by atoms with E-state index >= 15 is 0 Å². The fraction of sp³-hybridized carbons (Fsp3) is 0. The Hall–Kier alpha value is -2.28. The number of hydrogen-bond acceptors (Lipinski definition) is 0. The van der Waals surface area contributed by atoms with Crippen molar-refractivity contribution in [3.8, 4) is 11.1 Å². The normalized spacial score (nSPS) is 10.6. The largest absolute Gasteiger partial charge is 0.149 e. The lowest BCUT2D eigenvalue weighted by molar-refractivity contribution is 1.51. The first-order chi connectivity index (χ1) is 8.36. The monoisotopic (exact) mass is 217 g/mol. The average molecular weight is 217 g/mol. The van der Waals surface area contributed by atoms with E-state index in [1.807, 2.05) is 66.7 Å². The summed E-state index contributed by atoms with van der Waals surface area (Å²) in [4.78, 5) is 0. The summed E-state index contributed by atoms with van der Waals surface area (Å²) < 4.78 is 0. The van der Waals surface area contributed by atoms with Gasteiger partial charge in [-0.3, -0.25) is 0 Å². The van der Waals surface area contributed by atoms with E-state index in [0.29, 0.717) is 5.69 Å². The highest BCUT2D eigenvalue weighted by Crippen LogP contribution is 2.33. The Morgan fingerprint density at radius 3 is 2.18 bits per heavy atom. The van der Waals surface area contributed by atoms with Crippen LogP contribution in [0, 0.1) is 0 Å². The minimum Gasteiger partial charge on any atom is -0.149 e. The van der Waals surface area contributed by atoms with Crippen LogP contribution in [0.2, 0.25) is 0 Å². The molecule has 0 aliphatic rings. The fourth-order valence-electron chi connectivity index (χ4n) is 2.11. The molecule has 0 aromatic heterocycles. The van der Waals surface area contributed by atoms with Crippen LogP contribution < -0.4 is 5.73 Å². The molecule has 3 aromatic carbocycles. The minimum absolute atomic E-state index is 0.356. The van der Waals surface area contributed by atoms with Crippen LogP contribution in [0.15, 0.2) is 66.7 Å². The van der Waals surface area contributed by atoms with Crippen LogP contribution >= 0.6 is 0 Å². The van der Waals surface area contributed by atoms with Crippen LogP contribution in [0.3, 0.4) is 0 Å². The van der Waals surface area contributed by atoms with Gasteiger partial charge in [0.1, 0.15) is 5.69 Å². The third-order valence-electron chi connectivity index (χ3n) is 2.99. The van der Waals surface area contributed by atoms with E-state index in [0.717, 1.165) is 21.9 Å². The average Bonchev–Trinajstić information content (AvgIpc) is 2.40. The summed E-state index contributed by atoms with van der Waals surface area (Å²) in [6, 6.07) is 21.8. The summed E-state index contributed by atoms with van der Waals surface area (Å²) in [5.74, 6) is 0. The van der Waals surface area contributed by atoms with Gasteiger partial charge in [-0.15, -0.1) is 5.73 Å². The van der Waals surface area contributed by atoms with Gasteiger partial charge in [-0.2, -0.15) is 0 Å². The molecule has 0 saturated carbocycles. The molecule has 0 heterocycles. The maximum absolute atomic E-state index is 10.3. The predicted octanol–water partition coefficient (Wildman–Crippen LogP) is 4.21. The van der Waals surface area contributed by atoms with E-state index in [1.165, 1.54) is 0 Å². The molecule has 0 saturated heterocycles. The van der Waals surface area contributed by atoms with Crippen LogP contribution in [-0.2, 0) is 0 Å². The third-order valence-corrected chi connectivity index (χ3v) is 2.99. The van der Waals surface area contributed by atoms with Crippen molar-refractivity contribution in [2.24, 2.45) is 0 Å². The number of fused-ring (bicyclic) bond motifs is 1. The second-order valence-electron chi connectivity index (χ2n) is 4.05. The topological polar surface area (TPSA) is 22.3 Å². The smallest absolute Gasteiger partial charge is 0.101 e. The molecule has 0 spiro atoms. The van der Waals surface area contributed by atoms with Gasteiger partial charge in [0.05, 0.1) is 0 Å². The Morgan fingerprint density at radius 2 is 1.35 bits per heavy atom. The van der Waals surface area contributed by atoms with E-state index in [2.05, 4.69) is 0 Å². The van der Waals surface area contributed by atoms with Crippen LogP contribution in [0.1, 0.15) is 0 Å². The van der Waals surface area contributed by atoms with E-state index in [-0.39, 0.29) is 0 Å². The Balaban J connectivity index is 2.29. The first kappa shape index (κ1) is 9.91. The van der Waals surface area contributed by atoms with Crippen molar-refractivity contribution < 1.29 is 0 Å². The van der Waals surface area contributed by atoms with Crippen LogP contribution in [-0.4, -0.2) is 0 Å². The zero-order chi connectivity index (χ0) is 11.7. The Morgan fingerprint density at radius 1 is 0.647 bits per heavy atom. The van der Waals surface area contributed by atoms with Crippen molar-refractivity contribution in [3.05, 3.63) is 66.7 Å². The maximum Gasteiger partial charge on any atom is 0.101 e. The van der Waals surface area contributed by atoms with Crippen molar-refractivity contribution in [2.75, 3.05) is 0 Å². The van der Waals surface area contributed by atoms with Crippen molar-refractivity contribution in [3.63, 3.8) is 0 Å². The first-order valence-electron chi connectivity index (χ1n) is 5.62. The first-order valence-corrected chi connectivity index (χ1v) is 5.62. The van der Waals surface area contributed by atoms with E-state index in [4.69, 9.17) is 0 Å². The molecule has 0 unspecified atom stereocenters. The zero-order valence-corrected chi connectivity index (χ0v) is 9.30. The number of nitrogens with zero attached hydrogens (tertiary/aromatic N) is 1. The molecule has 80 valence electrons. The molecular weight excluding hydrogens is 206 g/mol. The van der Waals surface area contributed by atoms with E-state index < -0.39 is 0 Å². The summed E-state index contributed by atoms with van der Waals surface area (Å²) in [5, 5.41) is 1.96. The van der Waals surface area contributed by atoms with Gasteiger partial charge in [0, 0.05) is 10.9 Å². The molecule has 1 nitrogen and oxygen atoms in total. The Bertz CT molecular complexity index is 657. The quantitative estimate of drug-likeness (QED) is 0.582. The van der Waals surface area contributed by atoms with E-state index in [1.54, 1.807) is 0 Å². The highest BCUT2D eigenvalue weighted by molar-refractivity contribution is 5.99. The molecule has 1 heteroatoms. The summed E-state index contributed by atoms with van der Waals surface area (Å²) in [6.07, 6.45) is 0. The van der Waals surface area contributed by atoms with Crippen molar-refractivity contribution in [1.29, 1.82) is 0 Å². The van der Waals surface area contributed by atoms with Crippen LogP contribution in [0.4, 0.5) is 5.69 Å². The lowest BCUT2D eigenvalue weighted by Gasteiger charge is -2.07. The lowest BCUT2D eigenvalue weighted by atomic mass is 9.99. The Labute approximate surface area is 101 Å². The van der Waals surface area contributed by atoms with Gasteiger partial charge in [0.15, 0.2) is 0 Å². The molecule has 3 aromatic rings. The zero-order valence-electron chi connectivity index (χ0n) is 9.30. The molecule has 0 fully saturated rings. The fourth-order valence-corrected chi connectivity index (χ4v) is 2.11. The van der Waals surface area contributed by atoms with Gasteiger partial charge < -0.3 is 0 Å². The summed E-state index contributed by atoms with van der Waals surface area (Å²) in [5.41, 5.74) is 12.6. The van der Waals surface area contributed by atoms with E-state index in [9.17, 15) is 5.73 Å². The molecule has 0 bridgehead atoms. The van der Waals surface area contributed by atoms with Crippen molar-refractivity contribution >= 4 is 16.5 Å². The molecular formula is C16H11N. The standard InChI is InChI=1S/C16H11N/c17-16-14-9-5-4-8-13(14)10-11-15(16)12-6-2-1-3-7-12/h1-11H. The summed E-state index contributed by atoms with van der Waals surface area (Å²) in [6.45, 7) is 0. The maximum atomic E-state index is 10.3. The molecule has 2 radical (unpaired) electrons. The molecule has 3 rings (SSSR count). The third kappa shape index (κ3) is 1.66. The van der Waals surface area contributed by atoms with Gasteiger partial charge in [-0.05, 0) is 10.9 Å². The molecule has 0 amide bonds. The van der Waals surface area contributed by atoms with Crippen molar-refractivity contribution in [2.45, 2.75) is 0 Å². The van der Waals surface area contributed by atoms with Crippen LogP contribution in [0.5, 0.6) is 0 Å². The summed E-state index contributed by atoms with van der Waals surface area (Å²) >= 11 is 0. The van der Waals surface area contributed by atoms with Gasteiger partial charge in [0.25, 0.3) is 0 Å². The number of benzene rings is 3. The van der Waals surface area contributed by atoms with Crippen molar-refractivity contribution in [1.82, 2.24) is 5.73 Å². The molecule has 0 aliphatic heterocycles. The van der Waals surface area contributed by atoms with Gasteiger partial charge in [0.2, 0.25) is 0 Å². The number of rotatable bonds is 1. The highest BCUT2D eigenvalue weighted by atomic mass is 14.6. The van der Waals surface area contributed by atoms with Gasteiger partial charge >= 0.3 is 0 Å². The second-order valence-corrected chi connectivity index (χ2v) is 4.05. The summed E-state index contributed by atoms with van der Waals surface area (Å²) in [7, 11) is 0. The van der Waals surface area contributed by atoms with Gasteiger partial charge in [-0.25, -0.2) is 0 Å². The van der Waals surface area contributed by atoms with Crippen LogP contribution in [0.25, 0.3) is 21.9 Å². The molecule has 17 heavy (non-hydrogen) atoms. The number of hydrogen-bond donors (Lipinski definition) is 0.